The Morgan fingerprint density at radius 2 is 2.10 bits per heavy atom. The summed E-state index contributed by atoms with van der Waals surface area (Å²) < 4.78 is 5.23. The number of methoxy groups -OCH3 is 1. The third-order valence-corrected chi connectivity index (χ3v) is 1.57. The molecule has 0 amide bonds. The van der Waals surface area contributed by atoms with Gasteiger partial charge in [-0.15, -0.1) is 0 Å². The molecule has 0 aliphatic heterocycles. The van der Waals surface area contributed by atoms with E-state index >= 15 is 0 Å². The zero-order valence-corrected chi connectivity index (χ0v) is 7.31. The lowest BCUT2D eigenvalue weighted by atomic mass is 10.2. The highest BCUT2D eigenvalue weighted by Gasteiger charge is 2.02. The van der Waals surface area contributed by atoms with Gasteiger partial charge in [0.25, 0.3) is 0 Å². The lowest BCUT2D eigenvalue weighted by molar-refractivity contribution is 0.0943. The standard InChI is InChI=1S/C8H19NO/c1-4-6-8(10-3)7-9-5-2/h8-9H,4-7H2,1-3H3. The Labute approximate surface area is 64.0 Å². The van der Waals surface area contributed by atoms with Crippen LogP contribution >= 0.6 is 0 Å². The molecule has 1 N–H and O–H groups in total. The molecule has 10 heavy (non-hydrogen) atoms. The third kappa shape index (κ3) is 4.77. The molecular formula is C8H19NO. The van der Waals surface area contributed by atoms with E-state index in [4.69, 9.17) is 4.74 Å². The van der Waals surface area contributed by atoms with Gasteiger partial charge >= 0.3 is 0 Å². The van der Waals surface area contributed by atoms with E-state index in [9.17, 15) is 0 Å². The molecule has 0 aromatic heterocycles. The SMILES string of the molecule is CCCC(CNCC)OC. The maximum atomic E-state index is 5.23. The Morgan fingerprint density at radius 3 is 2.50 bits per heavy atom. The van der Waals surface area contributed by atoms with Gasteiger partial charge in [0.05, 0.1) is 6.10 Å². The molecule has 0 radical (unpaired) electrons. The maximum absolute atomic E-state index is 5.23. The molecule has 0 aromatic rings. The Morgan fingerprint density at radius 1 is 1.40 bits per heavy atom. The van der Waals surface area contributed by atoms with E-state index < -0.39 is 0 Å². The largest absolute Gasteiger partial charge is 0.380 e. The molecule has 0 aromatic carbocycles. The molecular weight excluding hydrogens is 126 g/mol. The predicted octanol–water partition coefficient (Wildman–Crippen LogP) is 1.41. The molecule has 1 atom stereocenters. The first-order valence-corrected chi connectivity index (χ1v) is 4.08. The van der Waals surface area contributed by atoms with Crippen LogP contribution in [0.25, 0.3) is 0 Å². The van der Waals surface area contributed by atoms with Crippen LogP contribution in [0.1, 0.15) is 26.7 Å². The summed E-state index contributed by atoms with van der Waals surface area (Å²) in [7, 11) is 1.78. The van der Waals surface area contributed by atoms with E-state index in [0.29, 0.717) is 6.10 Å². The minimum absolute atomic E-state index is 0.407. The van der Waals surface area contributed by atoms with Crippen LogP contribution in [-0.4, -0.2) is 26.3 Å². The van der Waals surface area contributed by atoms with Gasteiger partial charge in [-0.2, -0.15) is 0 Å². The van der Waals surface area contributed by atoms with E-state index in [1.54, 1.807) is 7.11 Å². The summed E-state index contributed by atoms with van der Waals surface area (Å²) in [4.78, 5) is 0. The Hall–Kier alpha value is -0.0800. The number of ether oxygens (including phenoxy) is 1. The molecule has 0 fully saturated rings. The molecule has 0 aliphatic carbocycles. The van der Waals surface area contributed by atoms with Gasteiger partial charge in [0, 0.05) is 13.7 Å². The second-order valence-corrected chi connectivity index (χ2v) is 2.45. The molecule has 0 heterocycles. The molecule has 0 bridgehead atoms. The Balaban J connectivity index is 3.21. The molecule has 0 rings (SSSR count). The van der Waals surface area contributed by atoms with Crippen molar-refractivity contribution in [1.29, 1.82) is 0 Å². The zero-order chi connectivity index (χ0) is 7.82. The highest BCUT2D eigenvalue weighted by atomic mass is 16.5. The van der Waals surface area contributed by atoms with Crippen LogP contribution in [0.2, 0.25) is 0 Å². The van der Waals surface area contributed by atoms with Crippen molar-refractivity contribution in [3.8, 4) is 0 Å². The molecule has 2 nitrogen and oxygen atoms in total. The fraction of sp³-hybridized carbons (Fsp3) is 1.00. The molecule has 2 heteroatoms. The first kappa shape index (κ1) is 9.92. The highest BCUT2D eigenvalue weighted by Crippen LogP contribution is 1.98. The minimum Gasteiger partial charge on any atom is -0.380 e. The molecule has 0 aliphatic rings. The summed E-state index contributed by atoms with van der Waals surface area (Å²) in [5.41, 5.74) is 0. The maximum Gasteiger partial charge on any atom is 0.0695 e. The van der Waals surface area contributed by atoms with E-state index in [1.807, 2.05) is 0 Å². The van der Waals surface area contributed by atoms with Gasteiger partial charge < -0.3 is 10.1 Å². The van der Waals surface area contributed by atoms with Gasteiger partial charge in [-0.25, -0.2) is 0 Å². The number of hydrogen-bond acceptors (Lipinski definition) is 2. The van der Waals surface area contributed by atoms with Crippen LogP contribution in [0.5, 0.6) is 0 Å². The van der Waals surface area contributed by atoms with Crippen LogP contribution < -0.4 is 5.32 Å². The van der Waals surface area contributed by atoms with E-state index in [-0.39, 0.29) is 0 Å². The van der Waals surface area contributed by atoms with Gasteiger partial charge in [-0.1, -0.05) is 20.3 Å². The van der Waals surface area contributed by atoms with Gasteiger partial charge in [-0.3, -0.25) is 0 Å². The van der Waals surface area contributed by atoms with Crippen molar-refractivity contribution >= 4 is 0 Å². The zero-order valence-electron chi connectivity index (χ0n) is 7.31. The van der Waals surface area contributed by atoms with Crippen LogP contribution in [0.4, 0.5) is 0 Å². The van der Waals surface area contributed by atoms with Crippen LogP contribution in [-0.2, 0) is 4.74 Å². The molecule has 1 unspecified atom stereocenters. The van der Waals surface area contributed by atoms with Crippen LogP contribution in [0, 0.1) is 0 Å². The Kier molecular flexibility index (Phi) is 6.98. The third-order valence-electron chi connectivity index (χ3n) is 1.57. The summed E-state index contributed by atoms with van der Waals surface area (Å²) in [6, 6.07) is 0. The number of rotatable bonds is 6. The quantitative estimate of drug-likeness (QED) is 0.610. The van der Waals surface area contributed by atoms with Gasteiger partial charge in [0.15, 0.2) is 0 Å². The normalized spacial score (nSPS) is 13.5. The Bertz CT molecular complexity index is 66.3. The summed E-state index contributed by atoms with van der Waals surface area (Å²) in [5.74, 6) is 0. The predicted molar refractivity (Wildman–Crippen MR) is 44.2 cm³/mol. The van der Waals surface area contributed by atoms with Crippen molar-refractivity contribution in [1.82, 2.24) is 5.32 Å². The average molecular weight is 145 g/mol. The van der Waals surface area contributed by atoms with Gasteiger partial charge in [0.2, 0.25) is 0 Å². The highest BCUT2D eigenvalue weighted by molar-refractivity contribution is 4.58. The number of hydrogen-bond donors (Lipinski definition) is 1. The first-order valence-electron chi connectivity index (χ1n) is 4.08. The fourth-order valence-electron chi connectivity index (χ4n) is 0.931. The second-order valence-electron chi connectivity index (χ2n) is 2.45. The van der Waals surface area contributed by atoms with Crippen LogP contribution in [0.15, 0.2) is 0 Å². The van der Waals surface area contributed by atoms with E-state index in [1.165, 1.54) is 6.42 Å². The monoisotopic (exact) mass is 145 g/mol. The van der Waals surface area contributed by atoms with Crippen molar-refractivity contribution < 1.29 is 4.74 Å². The molecule has 0 saturated heterocycles. The lowest BCUT2D eigenvalue weighted by Crippen LogP contribution is -2.27. The summed E-state index contributed by atoms with van der Waals surface area (Å²) >= 11 is 0. The van der Waals surface area contributed by atoms with Crippen molar-refractivity contribution in [3.63, 3.8) is 0 Å². The van der Waals surface area contributed by atoms with Crippen molar-refractivity contribution in [2.45, 2.75) is 32.8 Å². The average Bonchev–Trinajstić information content (AvgIpc) is 1.98. The molecule has 0 saturated carbocycles. The summed E-state index contributed by atoms with van der Waals surface area (Å²) in [6.07, 6.45) is 2.76. The fourth-order valence-corrected chi connectivity index (χ4v) is 0.931. The van der Waals surface area contributed by atoms with Crippen molar-refractivity contribution in [3.05, 3.63) is 0 Å². The smallest absolute Gasteiger partial charge is 0.0695 e. The van der Waals surface area contributed by atoms with Crippen molar-refractivity contribution in [2.24, 2.45) is 0 Å². The topological polar surface area (TPSA) is 21.3 Å². The molecule has 62 valence electrons. The van der Waals surface area contributed by atoms with E-state index in [2.05, 4.69) is 19.2 Å². The van der Waals surface area contributed by atoms with E-state index in [0.717, 1.165) is 19.5 Å². The van der Waals surface area contributed by atoms with Gasteiger partial charge in [0.1, 0.15) is 0 Å². The number of likely N-dealkylation sites (N-methyl/N-ethyl adjacent to an activating group) is 1. The number of nitrogens with one attached hydrogen (secondary N) is 1. The summed E-state index contributed by atoms with van der Waals surface area (Å²) in [5, 5.41) is 3.26. The lowest BCUT2D eigenvalue weighted by Gasteiger charge is -2.13. The van der Waals surface area contributed by atoms with Crippen LogP contribution in [0.3, 0.4) is 0 Å². The van der Waals surface area contributed by atoms with Gasteiger partial charge in [-0.05, 0) is 13.0 Å². The second kappa shape index (κ2) is 7.03. The van der Waals surface area contributed by atoms with Crippen molar-refractivity contribution in [2.75, 3.05) is 20.2 Å². The molecule has 0 spiro atoms. The summed E-state index contributed by atoms with van der Waals surface area (Å²) in [6.45, 7) is 6.31. The minimum atomic E-state index is 0.407. The first-order chi connectivity index (χ1) is 4.85.